The van der Waals surface area contributed by atoms with Gasteiger partial charge in [0.05, 0.1) is 7.11 Å². The van der Waals surface area contributed by atoms with E-state index in [-0.39, 0.29) is 5.82 Å². The molecule has 2 heterocycles. The molecule has 1 N–H and O–H groups in total. The van der Waals surface area contributed by atoms with Crippen molar-refractivity contribution < 1.29 is 9.13 Å². The van der Waals surface area contributed by atoms with Gasteiger partial charge in [-0.15, -0.1) is 0 Å². The maximum Gasteiger partial charge on any atom is 0.134 e. The fourth-order valence-electron chi connectivity index (χ4n) is 3.24. The average Bonchev–Trinajstić information content (AvgIpc) is 2.72. The number of nitrogens with zero attached hydrogens (tertiary/aromatic N) is 2. The number of nitrogens with one attached hydrogen (secondary N) is 1. The SMILES string of the molecule is COc1ccc(-c2cnc(NCc3cccnc3)c3ccc(C)cc23)c(F)c1. The molecule has 0 saturated heterocycles. The number of hydrogen-bond donors (Lipinski definition) is 1. The van der Waals surface area contributed by atoms with E-state index in [1.165, 1.54) is 13.2 Å². The molecule has 0 bridgehead atoms. The van der Waals surface area contributed by atoms with Crippen molar-refractivity contribution in [2.24, 2.45) is 0 Å². The molecule has 0 spiro atoms. The molecule has 0 aliphatic heterocycles. The van der Waals surface area contributed by atoms with Gasteiger partial charge in [0.1, 0.15) is 17.4 Å². The van der Waals surface area contributed by atoms with Gasteiger partial charge < -0.3 is 10.1 Å². The fourth-order valence-corrected chi connectivity index (χ4v) is 3.24. The van der Waals surface area contributed by atoms with E-state index in [1.54, 1.807) is 24.5 Å². The highest BCUT2D eigenvalue weighted by Crippen LogP contribution is 2.34. The quantitative estimate of drug-likeness (QED) is 0.511. The summed E-state index contributed by atoms with van der Waals surface area (Å²) in [5.74, 6) is 0.918. The fraction of sp³-hybridized carbons (Fsp3) is 0.130. The molecule has 0 aliphatic carbocycles. The minimum atomic E-state index is -0.333. The van der Waals surface area contributed by atoms with Gasteiger partial charge >= 0.3 is 0 Å². The zero-order chi connectivity index (χ0) is 19.5. The number of hydrogen-bond acceptors (Lipinski definition) is 4. The van der Waals surface area contributed by atoms with E-state index in [2.05, 4.69) is 21.4 Å². The second kappa shape index (κ2) is 7.64. The minimum Gasteiger partial charge on any atom is -0.497 e. The van der Waals surface area contributed by atoms with Crippen LogP contribution in [-0.4, -0.2) is 17.1 Å². The summed E-state index contributed by atoms with van der Waals surface area (Å²) < 4.78 is 19.8. The summed E-state index contributed by atoms with van der Waals surface area (Å²) in [6.45, 7) is 2.64. The Kier molecular flexibility index (Phi) is 4.89. The lowest BCUT2D eigenvalue weighted by Crippen LogP contribution is -2.03. The van der Waals surface area contributed by atoms with Crippen LogP contribution in [0.2, 0.25) is 0 Å². The van der Waals surface area contributed by atoms with Crippen LogP contribution in [0.5, 0.6) is 5.75 Å². The molecule has 0 aliphatic rings. The van der Waals surface area contributed by atoms with Crippen LogP contribution >= 0.6 is 0 Å². The normalized spacial score (nSPS) is 10.8. The molecule has 2 aromatic carbocycles. The van der Waals surface area contributed by atoms with Crippen molar-refractivity contribution in [3.63, 3.8) is 0 Å². The lowest BCUT2D eigenvalue weighted by molar-refractivity contribution is 0.411. The first-order chi connectivity index (χ1) is 13.7. The Balaban J connectivity index is 1.78. The average molecular weight is 373 g/mol. The van der Waals surface area contributed by atoms with E-state index < -0.39 is 0 Å². The van der Waals surface area contributed by atoms with Crippen molar-refractivity contribution in [3.05, 3.63) is 84.1 Å². The number of halogens is 1. The van der Waals surface area contributed by atoms with Gasteiger partial charge in [-0.1, -0.05) is 29.8 Å². The number of methoxy groups -OCH3 is 1. The molecule has 0 fully saturated rings. The molecule has 0 saturated carbocycles. The Morgan fingerprint density at radius 3 is 2.64 bits per heavy atom. The van der Waals surface area contributed by atoms with Crippen molar-refractivity contribution in [1.82, 2.24) is 9.97 Å². The summed E-state index contributed by atoms with van der Waals surface area (Å²) in [6.07, 6.45) is 5.29. The van der Waals surface area contributed by atoms with Crippen LogP contribution in [-0.2, 0) is 6.54 Å². The van der Waals surface area contributed by atoms with Gasteiger partial charge in [0.2, 0.25) is 0 Å². The number of aryl methyl sites for hydroxylation is 1. The highest BCUT2D eigenvalue weighted by Gasteiger charge is 2.13. The molecular formula is C23H20FN3O. The molecule has 0 amide bonds. The minimum absolute atomic E-state index is 0.333. The molecule has 0 unspecified atom stereocenters. The third kappa shape index (κ3) is 3.51. The van der Waals surface area contributed by atoms with Gasteiger partial charge in [-0.2, -0.15) is 0 Å². The molecule has 0 atom stereocenters. The molecular weight excluding hydrogens is 353 g/mol. The van der Waals surface area contributed by atoms with Crippen molar-refractivity contribution in [2.75, 3.05) is 12.4 Å². The molecule has 4 aromatic rings. The molecule has 28 heavy (non-hydrogen) atoms. The number of fused-ring (bicyclic) bond motifs is 1. The van der Waals surface area contributed by atoms with Gasteiger partial charge in [0.15, 0.2) is 0 Å². The first-order valence-electron chi connectivity index (χ1n) is 9.02. The van der Waals surface area contributed by atoms with Crippen molar-refractivity contribution in [1.29, 1.82) is 0 Å². The van der Waals surface area contributed by atoms with Crippen LogP contribution in [0.15, 0.2) is 67.1 Å². The monoisotopic (exact) mass is 373 g/mol. The van der Waals surface area contributed by atoms with Crippen molar-refractivity contribution >= 4 is 16.6 Å². The second-order valence-corrected chi connectivity index (χ2v) is 6.63. The number of anilines is 1. The smallest absolute Gasteiger partial charge is 0.134 e. The summed E-state index contributed by atoms with van der Waals surface area (Å²) in [5, 5.41) is 5.27. The van der Waals surface area contributed by atoms with Gasteiger partial charge in [0.25, 0.3) is 0 Å². The molecule has 0 radical (unpaired) electrons. The third-order valence-corrected chi connectivity index (χ3v) is 4.69. The van der Waals surface area contributed by atoms with Crippen molar-refractivity contribution in [2.45, 2.75) is 13.5 Å². The van der Waals surface area contributed by atoms with Crippen LogP contribution in [0.1, 0.15) is 11.1 Å². The number of pyridine rings is 2. The van der Waals surface area contributed by atoms with Crippen LogP contribution in [0.25, 0.3) is 21.9 Å². The van der Waals surface area contributed by atoms with E-state index in [9.17, 15) is 4.39 Å². The lowest BCUT2D eigenvalue weighted by Gasteiger charge is -2.14. The van der Waals surface area contributed by atoms with Crippen LogP contribution < -0.4 is 10.1 Å². The third-order valence-electron chi connectivity index (χ3n) is 4.69. The topological polar surface area (TPSA) is 47.0 Å². The zero-order valence-electron chi connectivity index (χ0n) is 15.7. The first kappa shape index (κ1) is 17.9. The number of rotatable bonds is 5. The summed E-state index contributed by atoms with van der Waals surface area (Å²) in [6, 6.07) is 14.9. The molecule has 4 rings (SSSR count). The maximum absolute atomic E-state index is 14.7. The van der Waals surface area contributed by atoms with Crippen LogP contribution in [0.3, 0.4) is 0 Å². The standard InChI is InChI=1S/C23H20FN3O/c1-15-5-7-19-20(10-15)21(18-8-6-17(28-2)11-22(18)24)14-27-23(19)26-13-16-4-3-9-25-12-16/h3-12,14H,13H2,1-2H3,(H,26,27). The van der Waals surface area contributed by atoms with Crippen LogP contribution in [0.4, 0.5) is 10.2 Å². The Labute approximate surface area is 163 Å². The highest BCUT2D eigenvalue weighted by molar-refractivity contribution is 6.02. The van der Waals surface area contributed by atoms with E-state index in [4.69, 9.17) is 4.74 Å². The Morgan fingerprint density at radius 2 is 1.89 bits per heavy atom. The van der Waals surface area contributed by atoms with Crippen LogP contribution in [0, 0.1) is 12.7 Å². The van der Waals surface area contributed by atoms with Gasteiger partial charge in [0, 0.05) is 47.7 Å². The van der Waals surface area contributed by atoms with E-state index >= 15 is 0 Å². The Bertz CT molecular complexity index is 1130. The largest absolute Gasteiger partial charge is 0.497 e. The zero-order valence-corrected chi connectivity index (χ0v) is 15.7. The summed E-state index contributed by atoms with van der Waals surface area (Å²) in [5.41, 5.74) is 3.43. The predicted molar refractivity (Wildman–Crippen MR) is 110 cm³/mol. The van der Waals surface area contributed by atoms with Crippen molar-refractivity contribution in [3.8, 4) is 16.9 Å². The van der Waals surface area contributed by atoms with E-state index in [0.29, 0.717) is 17.9 Å². The van der Waals surface area contributed by atoms with Gasteiger partial charge in [-0.05, 0) is 36.1 Å². The maximum atomic E-state index is 14.7. The summed E-state index contributed by atoms with van der Waals surface area (Å²) >= 11 is 0. The molecule has 4 nitrogen and oxygen atoms in total. The summed E-state index contributed by atoms with van der Waals surface area (Å²) in [4.78, 5) is 8.72. The molecule has 140 valence electrons. The summed E-state index contributed by atoms with van der Waals surface area (Å²) in [7, 11) is 1.53. The Morgan fingerprint density at radius 1 is 1.00 bits per heavy atom. The highest BCUT2D eigenvalue weighted by atomic mass is 19.1. The Hall–Kier alpha value is -3.47. The van der Waals surface area contributed by atoms with Gasteiger partial charge in [-0.3, -0.25) is 4.98 Å². The first-order valence-corrected chi connectivity index (χ1v) is 9.02. The lowest BCUT2D eigenvalue weighted by atomic mass is 9.98. The van der Waals surface area contributed by atoms with E-state index in [0.717, 1.165) is 33.3 Å². The molecule has 5 heteroatoms. The predicted octanol–water partition coefficient (Wildman–Crippen LogP) is 5.37. The van der Waals surface area contributed by atoms with E-state index in [1.807, 2.05) is 37.4 Å². The number of ether oxygens (including phenoxy) is 1. The van der Waals surface area contributed by atoms with Gasteiger partial charge in [-0.25, -0.2) is 9.37 Å². The molecule has 2 aromatic heterocycles. The second-order valence-electron chi connectivity index (χ2n) is 6.63. The number of aromatic nitrogens is 2. The number of benzene rings is 2.